The molecule has 2 aliphatic rings. The molecule has 0 aromatic heterocycles. The highest BCUT2D eigenvalue weighted by Crippen LogP contribution is 2.32. The van der Waals surface area contributed by atoms with Gasteiger partial charge < -0.3 is 20.1 Å². The van der Waals surface area contributed by atoms with Gasteiger partial charge >= 0.3 is 0 Å². The summed E-state index contributed by atoms with van der Waals surface area (Å²) in [5.74, 6) is 1.09. The molecule has 1 radical (unpaired) electrons. The number of ether oxygens (including phenoxy) is 1. The SMILES string of the molecule is Cl.Oc1ccc2c(c1)C[C@@H](N1C(=S)[N]C=C1CCNCc1ccccc1)CO2. The summed E-state index contributed by atoms with van der Waals surface area (Å²) >= 11 is 5.46. The van der Waals surface area contributed by atoms with Crippen molar-refractivity contribution >= 4 is 29.7 Å². The van der Waals surface area contributed by atoms with Gasteiger partial charge in [0.25, 0.3) is 0 Å². The van der Waals surface area contributed by atoms with Crippen LogP contribution in [0.2, 0.25) is 0 Å². The maximum Gasteiger partial charge on any atom is 0.200 e. The van der Waals surface area contributed by atoms with Gasteiger partial charge in [-0.05, 0) is 41.5 Å². The van der Waals surface area contributed by atoms with E-state index in [0.717, 1.165) is 42.9 Å². The molecule has 0 amide bonds. The zero-order chi connectivity index (χ0) is 18.6. The number of rotatable bonds is 6. The van der Waals surface area contributed by atoms with Gasteiger partial charge in [0.05, 0.1) is 6.04 Å². The monoisotopic (exact) mass is 416 g/mol. The maximum atomic E-state index is 9.75. The normalized spacial score (nSPS) is 17.9. The van der Waals surface area contributed by atoms with Crippen LogP contribution in [0, 0.1) is 0 Å². The molecular weight excluding hydrogens is 394 g/mol. The Morgan fingerprint density at radius 1 is 1.21 bits per heavy atom. The Morgan fingerprint density at radius 2 is 2.04 bits per heavy atom. The largest absolute Gasteiger partial charge is 0.508 e. The second-order valence-corrected chi connectivity index (χ2v) is 7.14. The first-order valence-electron chi connectivity index (χ1n) is 9.13. The van der Waals surface area contributed by atoms with Crippen molar-refractivity contribution in [2.45, 2.75) is 25.4 Å². The van der Waals surface area contributed by atoms with Gasteiger partial charge in [0.2, 0.25) is 0 Å². The number of phenolic OH excluding ortho intramolecular Hbond substituents is 1. The minimum absolute atomic E-state index is 0. The van der Waals surface area contributed by atoms with Gasteiger partial charge in [-0.2, -0.15) is 0 Å². The van der Waals surface area contributed by atoms with Crippen molar-refractivity contribution < 1.29 is 9.84 Å². The lowest BCUT2D eigenvalue weighted by Gasteiger charge is -2.34. The zero-order valence-corrected chi connectivity index (χ0v) is 17.0. The number of halogens is 1. The molecule has 2 N–H and O–H groups in total. The molecule has 0 unspecified atom stereocenters. The van der Waals surface area contributed by atoms with Crippen LogP contribution in [0.1, 0.15) is 17.5 Å². The molecule has 0 bridgehead atoms. The summed E-state index contributed by atoms with van der Waals surface area (Å²) in [7, 11) is 0. The van der Waals surface area contributed by atoms with Crippen LogP contribution < -0.4 is 15.4 Å². The van der Waals surface area contributed by atoms with E-state index >= 15 is 0 Å². The van der Waals surface area contributed by atoms with Crippen LogP contribution in [-0.4, -0.2) is 34.3 Å². The lowest BCUT2D eigenvalue weighted by atomic mass is 10.0. The van der Waals surface area contributed by atoms with E-state index in [2.05, 4.69) is 27.7 Å². The topological polar surface area (TPSA) is 58.8 Å². The van der Waals surface area contributed by atoms with Gasteiger partial charge in [0.1, 0.15) is 18.1 Å². The predicted octanol–water partition coefficient (Wildman–Crippen LogP) is 3.34. The maximum absolute atomic E-state index is 9.75. The van der Waals surface area contributed by atoms with E-state index in [1.165, 1.54) is 5.56 Å². The first-order valence-corrected chi connectivity index (χ1v) is 9.54. The Labute approximate surface area is 176 Å². The molecule has 0 saturated heterocycles. The Bertz CT molecular complexity index is 860. The minimum atomic E-state index is 0. The summed E-state index contributed by atoms with van der Waals surface area (Å²) < 4.78 is 5.89. The number of nitrogens with one attached hydrogen (secondary N) is 1. The van der Waals surface area contributed by atoms with Gasteiger partial charge in [-0.25, -0.2) is 5.32 Å². The summed E-state index contributed by atoms with van der Waals surface area (Å²) in [6.45, 7) is 2.25. The van der Waals surface area contributed by atoms with Gasteiger partial charge in [0, 0.05) is 37.8 Å². The molecule has 0 spiro atoms. The van der Waals surface area contributed by atoms with Gasteiger partial charge in [-0.15, -0.1) is 12.4 Å². The molecule has 0 aliphatic carbocycles. The summed E-state index contributed by atoms with van der Waals surface area (Å²) in [5, 5.41) is 18.2. The van der Waals surface area contributed by atoms with Crippen LogP contribution in [0.5, 0.6) is 11.5 Å². The number of fused-ring (bicyclic) bond motifs is 1. The molecule has 0 fully saturated rings. The smallest absolute Gasteiger partial charge is 0.200 e. The number of hydrogen-bond donors (Lipinski definition) is 2. The molecule has 2 heterocycles. The minimum Gasteiger partial charge on any atom is -0.508 e. The van der Waals surface area contributed by atoms with E-state index in [1.807, 2.05) is 30.5 Å². The summed E-state index contributed by atoms with van der Waals surface area (Å²) in [6.07, 6.45) is 3.48. The van der Waals surface area contributed by atoms with Crippen LogP contribution in [0.3, 0.4) is 0 Å². The fourth-order valence-corrected chi connectivity index (χ4v) is 3.85. The lowest BCUT2D eigenvalue weighted by molar-refractivity contribution is 0.195. The van der Waals surface area contributed by atoms with E-state index in [-0.39, 0.29) is 24.2 Å². The number of thiocarbonyl (C=S) groups is 1. The van der Waals surface area contributed by atoms with E-state index in [0.29, 0.717) is 11.7 Å². The van der Waals surface area contributed by atoms with E-state index in [9.17, 15) is 5.11 Å². The standard InChI is InChI=1S/C21H22N3O2S.ClH/c25-19-6-7-20-16(11-19)10-18(14-26-20)24-17(13-23-21(24)27)8-9-22-12-15-4-2-1-3-5-15;/h1-7,11,13,18,22,25H,8-10,12,14H2;1H/t18-;/m1./s1. The molecule has 1 atom stereocenters. The fraction of sp³-hybridized carbons (Fsp3) is 0.286. The number of aromatic hydroxyl groups is 1. The van der Waals surface area contributed by atoms with E-state index < -0.39 is 0 Å². The van der Waals surface area contributed by atoms with E-state index in [1.54, 1.807) is 12.1 Å². The highest BCUT2D eigenvalue weighted by molar-refractivity contribution is 7.80. The number of phenols is 1. The number of hydrogen-bond acceptors (Lipinski definition) is 4. The van der Waals surface area contributed by atoms with Crippen LogP contribution in [-0.2, 0) is 13.0 Å². The third-order valence-electron chi connectivity index (χ3n) is 4.87. The van der Waals surface area contributed by atoms with Crippen LogP contribution in [0.25, 0.3) is 0 Å². The Hall–Kier alpha value is -2.28. The molecule has 2 aromatic rings. The third-order valence-corrected chi connectivity index (χ3v) is 5.17. The molecule has 5 nitrogen and oxygen atoms in total. The number of benzene rings is 2. The molecule has 0 saturated carbocycles. The molecular formula is C21H23ClN3O2S. The van der Waals surface area contributed by atoms with Crippen molar-refractivity contribution in [2.75, 3.05) is 13.2 Å². The molecule has 2 aliphatic heterocycles. The van der Waals surface area contributed by atoms with E-state index in [4.69, 9.17) is 17.0 Å². The quantitative estimate of drug-likeness (QED) is 0.558. The first-order chi connectivity index (χ1) is 13.2. The molecule has 147 valence electrons. The van der Waals surface area contributed by atoms with Crippen molar-refractivity contribution in [3.8, 4) is 11.5 Å². The highest BCUT2D eigenvalue weighted by Gasteiger charge is 2.32. The van der Waals surface area contributed by atoms with Crippen molar-refractivity contribution in [3.05, 3.63) is 71.6 Å². The second kappa shape index (κ2) is 9.28. The summed E-state index contributed by atoms with van der Waals surface area (Å²) in [5.41, 5.74) is 3.38. The molecule has 7 heteroatoms. The van der Waals surface area contributed by atoms with Crippen LogP contribution in [0.4, 0.5) is 0 Å². The highest BCUT2D eigenvalue weighted by atomic mass is 35.5. The Morgan fingerprint density at radius 3 is 2.86 bits per heavy atom. The van der Waals surface area contributed by atoms with Crippen molar-refractivity contribution in [3.63, 3.8) is 0 Å². The van der Waals surface area contributed by atoms with Gasteiger partial charge in [-0.3, -0.25) is 0 Å². The second-order valence-electron chi connectivity index (χ2n) is 6.78. The third kappa shape index (κ3) is 4.58. The summed E-state index contributed by atoms with van der Waals surface area (Å²) in [6, 6.07) is 15.7. The Balaban J connectivity index is 0.00000225. The molecule has 2 aromatic carbocycles. The predicted molar refractivity (Wildman–Crippen MR) is 116 cm³/mol. The van der Waals surface area contributed by atoms with Crippen LogP contribution in [0.15, 0.2) is 60.4 Å². The zero-order valence-electron chi connectivity index (χ0n) is 15.4. The van der Waals surface area contributed by atoms with Crippen LogP contribution >= 0.6 is 24.6 Å². The first kappa shape index (κ1) is 20.5. The molecule has 28 heavy (non-hydrogen) atoms. The summed E-state index contributed by atoms with van der Waals surface area (Å²) in [4.78, 5) is 2.10. The number of nitrogens with zero attached hydrogens (tertiary/aromatic N) is 2. The van der Waals surface area contributed by atoms with Crippen molar-refractivity contribution in [1.82, 2.24) is 15.5 Å². The average Bonchev–Trinajstić information content (AvgIpc) is 3.06. The average molecular weight is 417 g/mol. The lowest BCUT2D eigenvalue weighted by Crippen LogP contribution is -2.44. The Kier molecular flexibility index (Phi) is 6.78. The van der Waals surface area contributed by atoms with Crippen molar-refractivity contribution in [1.29, 1.82) is 0 Å². The van der Waals surface area contributed by atoms with Gasteiger partial charge in [-0.1, -0.05) is 30.3 Å². The molecule has 4 rings (SSSR count). The van der Waals surface area contributed by atoms with Crippen molar-refractivity contribution in [2.24, 2.45) is 0 Å². The fourth-order valence-electron chi connectivity index (χ4n) is 3.53. The van der Waals surface area contributed by atoms with Gasteiger partial charge in [0.15, 0.2) is 5.11 Å².